The van der Waals surface area contributed by atoms with Crippen molar-refractivity contribution in [3.05, 3.63) is 35.9 Å². The highest BCUT2D eigenvalue weighted by Crippen LogP contribution is 2.10. The highest BCUT2D eigenvalue weighted by molar-refractivity contribution is 5.99. The van der Waals surface area contributed by atoms with Crippen molar-refractivity contribution in [3.63, 3.8) is 0 Å². The predicted molar refractivity (Wildman–Crippen MR) is 276 cm³/mol. The minimum absolute atomic E-state index is 0.0491. The van der Waals surface area contributed by atoms with Gasteiger partial charge in [0.05, 0.1) is 24.4 Å². The molecule has 0 radical (unpaired) electrons. The monoisotopic (exact) mass is 1080 g/mol. The van der Waals surface area contributed by atoms with Gasteiger partial charge < -0.3 is 90.8 Å². The molecule has 13 atom stereocenters. The molecule has 0 bridgehead atoms. The summed E-state index contributed by atoms with van der Waals surface area (Å²) in [6.45, 7) is 5.71. The van der Waals surface area contributed by atoms with Crippen LogP contribution in [0.3, 0.4) is 0 Å². The molecule has 0 aromatic heterocycles. The van der Waals surface area contributed by atoms with E-state index < -0.39 is 151 Å². The van der Waals surface area contributed by atoms with Crippen LogP contribution < -0.4 is 70.4 Å². The Hall–Kier alpha value is -6.36. The Balaban J connectivity index is 2.69. The van der Waals surface area contributed by atoms with E-state index in [2.05, 4.69) is 53.2 Å². The molecule has 1 aliphatic rings. The SMILES string of the molecule is CCCCCCCC(=O)N[C@H](C(=O)N[C@@H](C(=O)N[C@H]1CCNC(=O)[C@H]([C@@H](C)O)NC(=O)[C@H](CCN)NC(=O)[C@H](CCN)NC(=O)[C@H]([C@@H](C)O)NC(=O)[C@@H](Cc2ccccc2)NC(=O)[C@H](CCN)NC1=O)[C@H](C)O)[C@@H](C)O. The number of rotatable bonds is 23. The molecule has 1 aliphatic heterocycles. The van der Waals surface area contributed by atoms with E-state index in [-0.39, 0.29) is 51.7 Å². The number of aliphatic hydroxyl groups is 4. The maximum atomic E-state index is 14.3. The van der Waals surface area contributed by atoms with Crippen LogP contribution in [0, 0.1) is 0 Å². The number of nitrogens with one attached hydrogen (secondary N) is 10. The number of benzene rings is 1. The number of amides is 10. The van der Waals surface area contributed by atoms with Crippen molar-refractivity contribution in [2.24, 2.45) is 17.2 Å². The largest absolute Gasteiger partial charge is 0.391 e. The summed E-state index contributed by atoms with van der Waals surface area (Å²) in [7, 11) is 0. The smallest absolute Gasteiger partial charge is 0.245 e. The lowest BCUT2D eigenvalue weighted by Gasteiger charge is -2.29. The van der Waals surface area contributed by atoms with E-state index in [9.17, 15) is 68.4 Å². The molecule has 1 saturated heterocycles. The third kappa shape index (κ3) is 22.5. The molecular weight excluding hydrogens is 995 g/mol. The van der Waals surface area contributed by atoms with Crippen molar-refractivity contribution in [1.82, 2.24) is 53.2 Å². The van der Waals surface area contributed by atoms with Gasteiger partial charge in [-0.1, -0.05) is 62.9 Å². The van der Waals surface area contributed by atoms with Crippen LogP contribution in [0.1, 0.15) is 104 Å². The van der Waals surface area contributed by atoms with E-state index in [1.807, 2.05) is 6.92 Å². The third-order valence-corrected chi connectivity index (χ3v) is 12.3. The molecule has 0 saturated carbocycles. The minimum Gasteiger partial charge on any atom is -0.391 e. The van der Waals surface area contributed by atoms with E-state index >= 15 is 0 Å². The third-order valence-electron chi connectivity index (χ3n) is 12.3. The normalized spacial score (nSPS) is 24.2. The van der Waals surface area contributed by atoms with Crippen molar-refractivity contribution >= 4 is 59.1 Å². The predicted octanol–water partition coefficient (Wildman–Crippen LogP) is -5.96. The number of hydrogen-bond acceptors (Lipinski definition) is 17. The Morgan fingerprint density at radius 1 is 0.566 bits per heavy atom. The molecule has 27 nitrogen and oxygen atoms in total. The molecule has 1 aromatic rings. The van der Waals surface area contributed by atoms with Gasteiger partial charge in [0.15, 0.2) is 0 Å². The molecule has 1 heterocycles. The first-order valence-corrected chi connectivity index (χ1v) is 25.9. The van der Waals surface area contributed by atoms with Gasteiger partial charge in [0.1, 0.15) is 54.4 Å². The zero-order chi connectivity index (χ0) is 57.1. The molecule has 0 unspecified atom stereocenters. The highest BCUT2D eigenvalue weighted by Gasteiger charge is 2.38. The molecule has 0 aliphatic carbocycles. The van der Waals surface area contributed by atoms with Gasteiger partial charge in [0.25, 0.3) is 0 Å². The lowest BCUT2D eigenvalue weighted by molar-refractivity contribution is -0.138. The van der Waals surface area contributed by atoms with Gasteiger partial charge in [-0.25, -0.2) is 0 Å². The van der Waals surface area contributed by atoms with Crippen LogP contribution in [0.5, 0.6) is 0 Å². The van der Waals surface area contributed by atoms with E-state index in [1.54, 1.807) is 30.3 Å². The Labute approximate surface area is 442 Å². The molecule has 10 amide bonds. The van der Waals surface area contributed by atoms with Crippen LogP contribution in [0.25, 0.3) is 0 Å². The standard InChI is InChI=1S/C49H83N13O14/c1-6-7-8-9-13-16-36(67)59-38(27(3)64)49(76)62-40(29(5)66)48(75)57-34-20-24-53-46(73)37(26(2)63)60-44(71)33(19-23-52)55-41(68)32(18-22-51)56-47(74)39(28(4)65)61-45(72)35(25-30-14-11-10-12-15-30)58-42(69)31(17-21-50)54-43(34)70/h10-12,14-15,26-29,31-35,37-40,63-66H,6-9,13,16-25,50-52H2,1-5H3,(H,53,73)(H,54,70)(H,55,68)(H,56,74)(H,57,75)(H,58,69)(H,59,67)(H,60,71)(H,61,72)(H,62,76)/t26-,27-,28-,29+,31+,32+,33+,34+,35-,37+,38+,39+,40-/m1/s1. The Morgan fingerprint density at radius 3 is 1.51 bits per heavy atom. The lowest BCUT2D eigenvalue weighted by Crippen LogP contribution is -2.63. The number of hydrogen-bond donors (Lipinski definition) is 17. The zero-order valence-electron chi connectivity index (χ0n) is 44.1. The van der Waals surface area contributed by atoms with Crippen molar-refractivity contribution in [2.45, 2.75) is 184 Å². The molecule has 76 heavy (non-hydrogen) atoms. The van der Waals surface area contributed by atoms with Crippen LogP contribution in [0.15, 0.2) is 30.3 Å². The van der Waals surface area contributed by atoms with Crippen molar-refractivity contribution in [1.29, 1.82) is 0 Å². The summed E-state index contributed by atoms with van der Waals surface area (Å²) in [4.78, 5) is 138. The topological polar surface area (TPSA) is 450 Å². The molecule has 2 rings (SSSR count). The van der Waals surface area contributed by atoms with Crippen molar-refractivity contribution < 1.29 is 68.4 Å². The quantitative estimate of drug-likeness (QED) is 0.0454. The summed E-state index contributed by atoms with van der Waals surface area (Å²) in [6.07, 6.45) is -3.51. The van der Waals surface area contributed by atoms with Crippen molar-refractivity contribution in [3.8, 4) is 0 Å². The lowest BCUT2D eigenvalue weighted by atomic mass is 10.0. The summed E-state index contributed by atoms with van der Waals surface area (Å²) >= 11 is 0. The second-order valence-electron chi connectivity index (χ2n) is 18.9. The Bertz CT molecular complexity index is 2070. The van der Waals surface area contributed by atoms with Crippen LogP contribution in [0.2, 0.25) is 0 Å². The first-order chi connectivity index (χ1) is 36.0. The van der Waals surface area contributed by atoms with Gasteiger partial charge in [-0.05, 0) is 85.0 Å². The summed E-state index contributed by atoms with van der Waals surface area (Å²) in [5.41, 5.74) is 18.0. The van der Waals surface area contributed by atoms with Crippen molar-refractivity contribution in [2.75, 3.05) is 26.2 Å². The van der Waals surface area contributed by atoms with Gasteiger partial charge in [0, 0.05) is 19.4 Å². The maximum absolute atomic E-state index is 14.3. The van der Waals surface area contributed by atoms with E-state index in [1.165, 1.54) is 20.8 Å². The fourth-order valence-electron chi connectivity index (χ4n) is 7.93. The average molecular weight is 1080 g/mol. The number of aliphatic hydroxyl groups excluding tert-OH is 4. The molecule has 27 heteroatoms. The zero-order valence-corrected chi connectivity index (χ0v) is 44.1. The first kappa shape index (κ1) is 65.8. The fourth-order valence-corrected chi connectivity index (χ4v) is 7.93. The molecule has 428 valence electrons. The van der Waals surface area contributed by atoms with E-state index in [0.29, 0.717) is 12.0 Å². The first-order valence-electron chi connectivity index (χ1n) is 25.9. The fraction of sp³-hybridized carbons (Fsp3) is 0.673. The Kier molecular flexibility index (Phi) is 29.7. The minimum atomic E-state index is -1.84. The average Bonchev–Trinajstić information content (AvgIpc) is 3.36. The number of nitrogens with two attached hydrogens (primary N) is 3. The molecular formula is C49H83N13O14. The number of carbonyl (C=O) groups is 10. The Morgan fingerprint density at radius 2 is 1.01 bits per heavy atom. The number of carbonyl (C=O) groups excluding carboxylic acids is 10. The second-order valence-corrected chi connectivity index (χ2v) is 18.9. The summed E-state index contributed by atoms with van der Waals surface area (Å²) in [6, 6.07) is -6.25. The van der Waals surface area contributed by atoms with E-state index in [0.717, 1.165) is 32.6 Å². The summed E-state index contributed by atoms with van der Waals surface area (Å²) < 4.78 is 0. The molecule has 1 aromatic carbocycles. The van der Waals surface area contributed by atoms with Crippen LogP contribution in [0.4, 0.5) is 0 Å². The second kappa shape index (κ2) is 34.3. The molecule has 20 N–H and O–H groups in total. The van der Waals surface area contributed by atoms with Crippen LogP contribution in [-0.2, 0) is 54.4 Å². The van der Waals surface area contributed by atoms with Gasteiger partial charge >= 0.3 is 0 Å². The summed E-state index contributed by atoms with van der Waals surface area (Å²) in [5.74, 6) is -9.85. The molecule has 0 spiro atoms. The number of unbranched alkanes of at least 4 members (excludes halogenated alkanes) is 4. The van der Waals surface area contributed by atoms with Crippen LogP contribution in [-0.4, -0.2) is 184 Å². The van der Waals surface area contributed by atoms with Gasteiger partial charge in [-0.2, -0.15) is 0 Å². The highest BCUT2D eigenvalue weighted by atomic mass is 16.3. The van der Waals surface area contributed by atoms with Gasteiger partial charge in [-0.15, -0.1) is 0 Å². The maximum Gasteiger partial charge on any atom is 0.245 e. The summed E-state index contributed by atoms with van der Waals surface area (Å²) in [5, 5.41) is 67.1. The van der Waals surface area contributed by atoms with E-state index in [4.69, 9.17) is 17.2 Å². The van der Waals surface area contributed by atoms with Gasteiger partial charge in [-0.3, -0.25) is 47.9 Å². The molecule has 1 fully saturated rings. The van der Waals surface area contributed by atoms with Gasteiger partial charge in [0.2, 0.25) is 59.1 Å². The van der Waals surface area contributed by atoms with Crippen LogP contribution >= 0.6 is 0 Å².